The summed E-state index contributed by atoms with van der Waals surface area (Å²) in [6.07, 6.45) is 5.00. The molecule has 3 N–H and O–H groups in total. The van der Waals surface area contributed by atoms with E-state index in [4.69, 9.17) is 15.3 Å². The van der Waals surface area contributed by atoms with Gasteiger partial charge in [-0.3, -0.25) is 0 Å². The Kier molecular flexibility index (Phi) is 56.9. The number of para-hydroxylation sites is 3. The van der Waals surface area contributed by atoms with E-state index in [2.05, 4.69) is 55.4 Å². The zero-order valence-corrected chi connectivity index (χ0v) is 31.1. The molecular weight excluding hydrogens is 603 g/mol. The molecule has 0 heterocycles. The van der Waals surface area contributed by atoms with Crippen molar-refractivity contribution in [3.63, 3.8) is 0 Å². The molecule has 3 nitrogen and oxygen atoms in total. The van der Waals surface area contributed by atoms with Crippen LogP contribution in [-0.2, 0) is 18.6 Å². The molecule has 46 heavy (non-hydrogen) atoms. The Morgan fingerprint density at radius 2 is 0.348 bits per heavy atom. The van der Waals surface area contributed by atoms with Crippen molar-refractivity contribution in [2.45, 2.75) is 81.1 Å². The van der Waals surface area contributed by atoms with Crippen LogP contribution < -0.4 is 0 Å². The molecule has 0 saturated heterocycles. The van der Waals surface area contributed by atoms with Crippen LogP contribution in [0.2, 0.25) is 0 Å². The average Bonchev–Trinajstić information content (AvgIpc) is 3.07. The van der Waals surface area contributed by atoms with Gasteiger partial charge >= 0.3 is 0 Å². The quantitative estimate of drug-likeness (QED) is 0.154. The maximum atomic E-state index is 8.63. The molecule has 253 valence electrons. The van der Waals surface area contributed by atoms with Gasteiger partial charge in [-0.05, 0) is 36.4 Å². The number of aromatic hydroxyl groups is 3. The van der Waals surface area contributed by atoms with E-state index in [1.165, 1.54) is 25.7 Å². The van der Waals surface area contributed by atoms with Crippen LogP contribution in [0.5, 0.6) is 17.2 Å². The summed E-state index contributed by atoms with van der Waals surface area (Å²) >= 11 is 0. The van der Waals surface area contributed by atoms with Crippen molar-refractivity contribution in [2.75, 3.05) is 0 Å². The average molecular weight is 666 g/mol. The first-order valence-corrected chi connectivity index (χ1v) is 16.1. The molecule has 5 aromatic rings. The van der Waals surface area contributed by atoms with Crippen LogP contribution >= 0.6 is 0 Å². The minimum absolute atomic E-state index is 0. The number of rotatable bonds is 0. The Morgan fingerprint density at radius 3 is 0.413 bits per heavy atom. The van der Waals surface area contributed by atoms with Crippen LogP contribution in [0.25, 0.3) is 0 Å². The standard InChI is InChI=1S/3C6H6O.2C6H6.4C3H8.V/c3*7-6-4-2-1-3-5-6;2*1-2-4-6-5-3-1;4*1-3-2;/h3*1-5,7H;2*1-6H;4*3H2,1-2H3;. The van der Waals surface area contributed by atoms with Crippen molar-refractivity contribution in [1.82, 2.24) is 0 Å². The fourth-order valence-corrected chi connectivity index (χ4v) is 2.05. The SMILES string of the molecule is CCC.CCC.CCC.CCC.Oc1ccccc1.Oc1ccccc1.Oc1ccccc1.[V].c1ccccc1.c1ccccc1. The normalized spacial score (nSPS) is 7.57. The van der Waals surface area contributed by atoms with Gasteiger partial charge in [-0.2, -0.15) is 0 Å². The first-order valence-electron chi connectivity index (χ1n) is 16.1. The molecule has 0 saturated carbocycles. The predicted octanol–water partition coefficient (Wildman–Crippen LogP) is 13.2. The van der Waals surface area contributed by atoms with Gasteiger partial charge < -0.3 is 15.3 Å². The summed E-state index contributed by atoms with van der Waals surface area (Å²) in [6.45, 7) is 17.0. The van der Waals surface area contributed by atoms with E-state index in [1.807, 2.05) is 91.0 Å². The summed E-state index contributed by atoms with van der Waals surface area (Å²) in [5.74, 6) is 0.965. The molecule has 5 aromatic carbocycles. The largest absolute Gasteiger partial charge is 0.508 e. The molecule has 0 spiro atoms. The smallest absolute Gasteiger partial charge is 0.115 e. The van der Waals surface area contributed by atoms with Crippen LogP contribution in [0.1, 0.15) is 81.1 Å². The van der Waals surface area contributed by atoms with Crippen LogP contribution in [0.4, 0.5) is 0 Å². The minimum Gasteiger partial charge on any atom is -0.508 e. The van der Waals surface area contributed by atoms with Gasteiger partial charge in [0.15, 0.2) is 0 Å². The number of benzene rings is 5. The zero-order valence-electron chi connectivity index (χ0n) is 29.7. The molecule has 0 aliphatic rings. The van der Waals surface area contributed by atoms with Crippen molar-refractivity contribution in [3.8, 4) is 17.2 Å². The third kappa shape index (κ3) is 59.5. The molecule has 4 heteroatoms. The fourth-order valence-electron chi connectivity index (χ4n) is 2.05. The second-order valence-corrected chi connectivity index (χ2v) is 9.14. The van der Waals surface area contributed by atoms with E-state index in [0.717, 1.165) is 0 Å². The van der Waals surface area contributed by atoms with Gasteiger partial charge in [-0.15, -0.1) is 0 Å². The van der Waals surface area contributed by atoms with Crippen molar-refractivity contribution < 1.29 is 33.9 Å². The Hall–Kier alpha value is -3.92. The van der Waals surface area contributed by atoms with E-state index >= 15 is 0 Å². The van der Waals surface area contributed by atoms with E-state index in [0.29, 0.717) is 17.2 Å². The number of hydrogen-bond donors (Lipinski definition) is 3. The van der Waals surface area contributed by atoms with Gasteiger partial charge in [0.1, 0.15) is 17.2 Å². The molecule has 0 atom stereocenters. The molecule has 0 amide bonds. The summed E-state index contributed by atoms with van der Waals surface area (Å²) in [6, 6.07) is 50.1. The second kappa shape index (κ2) is 50.7. The van der Waals surface area contributed by atoms with Crippen LogP contribution in [0, 0.1) is 0 Å². The summed E-state index contributed by atoms with van der Waals surface area (Å²) in [7, 11) is 0. The van der Waals surface area contributed by atoms with Gasteiger partial charge in [0.2, 0.25) is 0 Å². The Morgan fingerprint density at radius 1 is 0.261 bits per heavy atom. The summed E-state index contributed by atoms with van der Waals surface area (Å²) < 4.78 is 0. The van der Waals surface area contributed by atoms with Gasteiger partial charge in [0.05, 0.1) is 0 Å². The van der Waals surface area contributed by atoms with Crippen molar-refractivity contribution in [1.29, 1.82) is 0 Å². The molecule has 0 aromatic heterocycles. The molecule has 0 aliphatic heterocycles. The number of hydrogen-bond acceptors (Lipinski definition) is 3. The van der Waals surface area contributed by atoms with Gasteiger partial charge in [-0.1, -0.05) is 208 Å². The Labute approximate surface area is 294 Å². The molecule has 1 radical (unpaired) electrons. The Bertz CT molecular complexity index is 898. The molecule has 0 unspecified atom stereocenters. The maximum Gasteiger partial charge on any atom is 0.115 e. The fraction of sp³-hybridized carbons (Fsp3) is 0.286. The number of phenolic OH excluding ortho intramolecular Hbond substituents is 3. The van der Waals surface area contributed by atoms with Crippen LogP contribution in [0.15, 0.2) is 164 Å². The molecule has 0 bridgehead atoms. The van der Waals surface area contributed by atoms with Gasteiger partial charge in [0, 0.05) is 18.6 Å². The summed E-state index contributed by atoms with van der Waals surface area (Å²) in [5.41, 5.74) is 0. The monoisotopic (exact) mass is 665 g/mol. The zero-order chi connectivity index (χ0) is 34.7. The van der Waals surface area contributed by atoms with Crippen LogP contribution in [0.3, 0.4) is 0 Å². The first-order chi connectivity index (χ1) is 21.8. The molecule has 5 rings (SSSR count). The van der Waals surface area contributed by atoms with E-state index in [-0.39, 0.29) is 18.6 Å². The minimum atomic E-state index is 0. The third-order valence-electron chi connectivity index (χ3n) is 3.60. The first kappa shape index (κ1) is 51.7. The third-order valence-corrected chi connectivity index (χ3v) is 3.60. The van der Waals surface area contributed by atoms with Crippen molar-refractivity contribution in [3.05, 3.63) is 164 Å². The summed E-state index contributed by atoms with van der Waals surface area (Å²) in [5, 5.41) is 25.9. The molecule has 0 aliphatic carbocycles. The molecule has 0 fully saturated rings. The van der Waals surface area contributed by atoms with Crippen molar-refractivity contribution in [2.24, 2.45) is 0 Å². The van der Waals surface area contributed by atoms with Gasteiger partial charge in [-0.25, -0.2) is 0 Å². The second-order valence-electron chi connectivity index (χ2n) is 9.14. The molecular formula is C42H62O3V. The van der Waals surface area contributed by atoms with E-state index < -0.39 is 0 Å². The van der Waals surface area contributed by atoms with Crippen molar-refractivity contribution >= 4 is 0 Å². The van der Waals surface area contributed by atoms with Crippen LogP contribution in [-0.4, -0.2) is 15.3 Å². The predicted molar refractivity (Wildman–Crippen MR) is 201 cm³/mol. The Balaban J connectivity index is -0.000000140. The van der Waals surface area contributed by atoms with E-state index in [9.17, 15) is 0 Å². The summed E-state index contributed by atoms with van der Waals surface area (Å²) in [4.78, 5) is 0. The van der Waals surface area contributed by atoms with E-state index in [1.54, 1.807) is 72.8 Å². The van der Waals surface area contributed by atoms with Gasteiger partial charge in [0.25, 0.3) is 0 Å². The number of phenols is 3. The maximum absolute atomic E-state index is 8.63. The topological polar surface area (TPSA) is 60.7 Å².